The van der Waals surface area contributed by atoms with Gasteiger partial charge in [0.2, 0.25) is 5.91 Å². The highest BCUT2D eigenvalue weighted by Gasteiger charge is 2.59. The number of ether oxygens (including phenoxy) is 1. The van der Waals surface area contributed by atoms with E-state index in [1.165, 1.54) is 0 Å². The van der Waals surface area contributed by atoms with Gasteiger partial charge in [0.25, 0.3) is 0 Å². The summed E-state index contributed by atoms with van der Waals surface area (Å²) < 4.78 is 5.64. The zero-order chi connectivity index (χ0) is 16.4. The minimum atomic E-state index is -0.904. The molecule has 0 heterocycles. The lowest BCUT2D eigenvalue weighted by atomic mass is 9.56. The number of carbonyl (C=O) groups excluding carboxylic acids is 1. The Morgan fingerprint density at radius 1 is 1.41 bits per heavy atom. The van der Waals surface area contributed by atoms with Gasteiger partial charge in [-0.15, -0.1) is 0 Å². The van der Waals surface area contributed by atoms with E-state index in [-0.39, 0.29) is 29.9 Å². The first-order valence-corrected chi connectivity index (χ1v) is 7.98. The fraction of sp³-hybridized carbons (Fsp3) is 0.611. The van der Waals surface area contributed by atoms with Gasteiger partial charge in [0.15, 0.2) is 0 Å². The lowest BCUT2D eigenvalue weighted by molar-refractivity contribution is -0.238. The second-order valence-corrected chi connectivity index (χ2v) is 6.75. The van der Waals surface area contributed by atoms with Gasteiger partial charge in [0, 0.05) is 25.0 Å². The van der Waals surface area contributed by atoms with Gasteiger partial charge in [-0.05, 0) is 19.4 Å². The maximum atomic E-state index is 12.3. The molecule has 2 unspecified atom stereocenters. The summed E-state index contributed by atoms with van der Waals surface area (Å²) in [7, 11) is 0. The van der Waals surface area contributed by atoms with Crippen LogP contribution in [0.25, 0.3) is 0 Å². The minimum Gasteiger partial charge on any atom is -0.387 e. The van der Waals surface area contributed by atoms with Crippen LogP contribution in [0.15, 0.2) is 30.3 Å². The van der Waals surface area contributed by atoms with Crippen LogP contribution in [0, 0.1) is 5.41 Å². The lowest BCUT2D eigenvalue weighted by Crippen LogP contribution is -2.68. The summed E-state index contributed by atoms with van der Waals surface area (Å²) in [5, 5.41) is 13.6. The maximum absolute atomic E-state index is 12.3. The SMILES string of the molecule is CCOC1CC(O)(CNC(=O)[C@@H](C)c2ccccc2)C1(C)C. The van der Waals surface area contributed by atoms with Gasteiger partial charge in [-0.25, -0.2) is 0 Å². The fourth-order valence-corrected chi connectivity index (χ4v) is 3.04. The number of nitrogens with one attached hydrogen (secondary N) is 1. The van der Waals surface area contributed by atoms with Gasteiger partial charge in [-0.1, -0.05) is 44.2 Å². The molecule has 22 heavy (non-hydrogen) atoms. The predicted molar refractivity (Wildman–Crippen MR) is 86.6 cm³/mol. The Hall–Kier alpha value is -1.39. The maximum Gasteiger partial charge on any atom is 0.227 e. The van der Waals surface area contributed by atoms with Crippen molar-refractivity contribution >= 4 is 5.91 Å². The third kappa shape index (κ3) is 3.03. The van der Waals surface area contributed by atoms with Gasteiger partial charge in [-0.2, -0.15) is 0 Å². The molecule has 0 radical (unpaired) electrons. The van der Waals surface area contributed by atoms with Gasteiger partial charge in [-0.3, -0.25) is 4.79 Å². The number of amides is 1. The zero-order valence-corrected chi connectivity index (χ0v) is 13.9. The number of aliphatic hydroxyl groups is 1. The van der Waals surface area contributed by atoms with E-state index >= 15 is 0 Å². The second kappa shape index (κ2) is 6.39. The molecular formula is C18H27NO3. The van der Waals surface area contributed by atoms with Gasteiger partial charge in [0.1, 0.15) is 0 Å². The summed E-state index contributed by atoms with van der Waals surface area (Å²) in [5.41, 5.74) is -0.280. The van der Waals surface area contributed by atoms with Crippen LogP contribution in [0.2, 0.25) is 0 Å². The monoisotopic (exact) mass is 305 g/mol. The van der Waals surface area contributed by atoms with E-state index in [0.717, 1.165) is 5.56 Å². The Kier molecular flexibility index (Phi) is 4.93. The number of hydrogen-bond donors (Lipinski definition) is 2. The Morgan fingerprint density at radius 2 is 2.05 bits per heavy atom. The smallest absolute Gasteiger partial charge is 0.227 e. The minimum absolute atomic E-state index is 0.0472. The van der Waals surface area contributed by atoms with E-state index in [0.29, 0.717) is 13.0 Å². The van der Waals surface area contributed by atoms with Crippen LogP contribution in [0.1, 0.15) is 45.6 Å². The molecule has 1 saturated carbocycles. The Bertz CT molecular complexity index is 514. The predicted octanol–water partition coefficient (Wildman–Crippen LogP) is 2.47. The molecule has 122 valence electrons. The van der Waals surface area contributed by atoms with Crippen molar-refractivity contribution in [1.29, 1.82) is 0 Å². The Labute approximate surface area is 132 Å². The zero-order valence-electron chi connectivity index (χ0n) is 13.9. The van der Waals surface area contributed by atoms with Gasteiger partial charge >= 0.3 is 0 Å². The number of rotatable bonds is 6. The van der Waals surface area contributed by atoms with Crippen molar-refractivity contribution in [2.24, 2.45) is 5.41 Å². The van der Waals surface area contributed by atoms with Crippen molar-refractivity contribution in [1.82, 2.24) is 5.32 Å². The fourth-order valence-electron chi connectivity index (χ4n) is 3.04. The highest BCUT2D eigenvalue weighted by Crippen LogP contribution is 2.50. The Balaban J connectivity index is 1.92. The highest BCUT2D eigenvalue weighted by molar-refractivity contribution is 5.83. The second-order valence-electron chi connectivity index (χ2n) is 6.75. The summed E-state index contributed by atoms with van der Waals surface area (Å²) in [6.07, 6.45) is 0.611. The lowest BCUT2D eigenvalue weighted by Gasteiger charge is -2.58. The van der Waals surface area contributed by atoms with Crippen molar-refractivity contribution in [3.05, 3.63) is 35.9 Å². The first kappa shape index (κ1) is 17.0. The third-order valence-corrected chi connectivity index (χ3v) is 5.14. The van der Waals surface area contributed by atoms with Crippen molar-refractivity contribution in [2.45, 2.75) is 51.7 Å². The third-order valence-electron chi connectivity index (χ3n) is 5.14. The molecule has 0 spiro atoms. The molecule has 2 rings (SSSR count). The topological polar surface area (TPSA) is 58.6 Å². The summed E-state index contributed by atoms with van der Waals surface area (Å²) in [6, 6.07) is 9.67. The molecule has 0 aliphatic heterocycles. The van der Waals surface area contributed by atoms with E-state index < -0.39 is 5.60 Å². The average Bonchev–Trinajstić information content (AvgIpc) is 2.52. The van der Waals surface area contributed by atoms with Crippen LogP contribution in [0.4, 0.5) is 0 Å². The Morgan fingerprint density at radius 3 is 2.59 bits per heavy atom. The van der Waals surface area contributed by atoms with Crippen molar-refractivity contribution in [3.63, 3.8) is 0 Å². The van der Waals surface area contributed by atoms with Crippen LogP contribution in [0.5, 0.6) is 0 Å². The van der Waals surface area contributed by atoms with Crippen LogP contribution < -0.4 is 5.32 Å². The molecule has 1 amide bonds. The molecule has 0 saturated heterocycles. The summed E-state index contributed by atoms with van der Waals surface area (Å²) in [5.74, 6) is -0.286. The molecular weight excluding hydrogens is 278 g/mol. The molecule has 1 aliphatic carbocycles. The van der Waals surface area contributed by atoms with Crippen LogP contribution in [0.3, 0.4) is 0 Å². The van der Waals surface area contributed by atoms with Gasteiger partial charge in [0.05, 0.1) is 17.6 Å². The van der Waals surface area contributed by atoms with Crippen molar-refractivity contribution in [2.75, 3.05) is 13.2 Å². The first-order valence-electron chi connectivity index (χ1n) is 7.98. The molecule has 4 heteroatoms. The molecule has 4 nitrogen and oxygen atoms in total. The molecule has 2 N–H and O–H groups in total. The van der Waals surface area contributed by atoms with E-state index in [1.807, 2.05) is 58.0 Å². The molecule has 1 aromatic carbocycles. The molecule has 3 atom stereocenters. The van der Waals surface area contributed by atoms with Crippen LogP contribution >= 0.6 is 0 Å². The number of benzene rings is 1. The van der Waals surface area contributed by atoms with Crippen molar-refractivity contribution < 1.29 is 14.6 Å². The normalized spacial score (nSPS) is 27.8. The molecule has 1 fully saturated rings. The van der Waals surface area contributed by atoms with Crippen LogP contribution in [-0.2, 0) is 9.53 Å². The summed E-state index contributed by atoms with van der Waals surface area (Å²) in [6.45, 7) is 8.72. The molecule has 1 aromatic rings. The van der Waals surface area contributed by atoms with E-state index in [4.69, 9.17) is 4.74 Å². The van der Waals surface area contributed by atoms with E-state index in [9.17, 15) is 9.90 Å². The van der Waals surface area contributed by atoms with Gasteiger partial charge < -0.3 is 15.2 Å². The first-order chi connectivity index (χ1) is 10.3. The summed E-state index contributed by atoms with van der Waals surface area (Å²) in [4.78, 5) is 12.3. The highest BCUT2D eigenvalue weighted by atomic mass is 16.5. The standard InChI is InChI=1S/C18H27NO3/c1-5-22-15-11-18(21,17(15,3)4)12-19-16(20)13(2)14-9-7-6-8-10-14/h6-10,13,15,21H,5,11-12H2,1-4H3,(H,19,20)/t13-,15?,18?/m0/s1. The quantitative estimate of drug-likeness (QED) is 0.849. The van der Waals surface area contributed by atoms with Crippen molar-refractivity contribution in [3.8, 4) is 0 Å². The summed E-state index contributed by atoms with van der Waals surface area (Å²) >= 11 is 0. The van der Waals surface area contributed by atoms with E-state index in [1.54, 1.807) is 0 Å². The van der Waals surface area contributed by atoms with E-state index in [2.05, 4.69) is 5.32 Å². The number of hydrogen-bond acceptors (Lipinski definition) is 3. The van der Waals surface area contributed by atoms with Crippen LogP contribution in [-0.4, -0.2) is 35.9 Å². The number of carbonyl (C=O) groups is 1. The molecule has 0 bridgehead atoms. The molecule has 1 aliphatic rings. The average molecular weight is 305 g/mol. The molecule has 0 aromatic heterocycles. The largest absolute Gasteiger partial charge is 0.387 e.